The average Bonchev–Trinajstić information content (AvgIpc) is 3.06. The molecule has 0 N–H and O–H groups in total. The van der Waals surface area contributed by atoms with Crippen molar-refractivity contribution < 1.29 is 18.7 Å². The summed E-state index contributed by atoms with van der Waals surface area (Å²) in [6, 6.07) is 21.8. The van der Waals surface area contributed by atoms with Gasteiger partial charge >= 0.3 is 0 Å². The molecule has 3 aromatic rings. The van der Waals surface area contributed by atoms with Gasteiger partial charge in [0, 0.05) is 12.2 Å². The molecule has 1 heterocycles. The molecule has 5 nitrogen and oxygen atoms in total. The summed E-state index contributed by atoms with van der Waals surface area (Å²) in [5.74, 6) is -0.696. The Morgan fingerprint density at radius 3 is 2.10 bits per heavy atom. The molecule has 3 aromatic carbocycles. The monoisotopic (exact) mass is 416 g/mol. The van der Waals surface area contributed by atoms with Crippen LogP contribution in [0.3, 0.4) is 0 Å². The van der Waals surface area contributed by atoms with Gasteiger partial charge in [-0.05, 0) is 61.0 Å². The number of methoxy groups -OCH3 is 1. The van der Waals surface area contributed by atoms with Gasteiger partial charge in [0.15, 0.2) is 0 Å². The fourth-order valence-electron chi connectivity index (χ4n) is 3.69. The maximum atomic E-state index is 13.6. The lowest BCUT2D eigenvalue weighted by atomic mass is 10.0. The van der Waals surface area contributed by atoms with Crippen LogP contribution in [0.1, 0.15) is 12.5 Å². The number of rotatable bonds is 6. The Morgan fingerprint density at radius 1 is 0.871 bits per heavy atom. The molecule has 0 radical (unpaired) electrons. The number of amides is 2. The van der Waals surface area contributed by atoms with Gasteiger partial charge in [-0.3, -0.25) is 9.59 Å². The molecule has 1 aliphatic heterocycles. The van der Waals surface area contributed by atoms with Crippen LogP contribution in [0.25, 0.3) is 5.57 Å². The molecule has 0 fully saturated rings. The van der Waals surface area contributed by atoms with Crippen molar-refractivity contribution in [3.05, 3.63) is 95.9 Å². The van der Waals surface area contributed by atoms with Crippen molar-refractivity contribution in [3.63, 3.8) is 0 Å². The number of para-hydroxylation sites is 1. The molecule has 0 aliphatic carbocycles. The van der Waals surface area contributed by atoms with E-state index in [1.54, 1.807) is 31.4 Å². The van der Waals surface area contributed by atoms with Gasteiger partial charge in [-0.15, -0.1) is 0 Å². The van der Waals surface area contributed by atoms with Gasteiger partial charge in [0.05, 0.1) is 18.4 Å². The van der Waals surface area contributed by atoms with Gasteiger partial charge in [-0.25, -0.2) is 9.29 Å². The van der Waals surface area contributed by atoms with Crippen LogP contribution in [0.5, 0.6) is 5.75 Å². The minimum Gasteiger partial charge on any atom is -0.497 e. The highest BCUT2D eigenvalue weighted by Gasteiger charge is 2.42. The third kappa shape index (κ3) is 3.68. The standard InChI is InChI=1S/C25H21FN2O3/c1-3-27(19-7-5-4-6-8-19)23-22(17-9-15-21(31-2)16-10-17)24(29)28(25(23)30)20-13-11-18(26)12-14-20/h4-16H,3H2,1-2H3. The number of benzene rings is 3. The number of halogens is 1. The fourth-order valence-corrected chi connectivity index (χ4v) is 3.69. The van der Waals surface area contributed by atoms with Crippen LogP contribution in [-0.4, -0.2) is 25.5 Å². The van der Waals surface area contributed by atoms with Gasteiger partial charge in [-0.1, -0.05) is 30.3 Å². The van der Waals surface area contributed by atoms with E-state index in [4.69, 9.17) is 4.74 Å². The van der Waals surface area contributed by atoms with Crippen LogP contribution in [0.2, 0.25) is 0 Å². The molecule has 0 saturated heterocycles. The summed E-state index contributed by atoms with van der Waals surface area (Å²) in [4.78, 5) is 30.0. The van der Waals surface area contributed by atoms with E-state index in [1.165, 1.54) is 24.3 Å². The Balaban J connectivity index is 1.88. The number of carbonyl (C=O) groups excluding carboxylic acids is 2. The van der Waals surface area contributed by atoms with Crippen LogP contribution in [0.4, 0.5) is 15.8 Å². The van der Waals surface area contributed by atoms with Crippen molar-refractivity contribution >= 4 is 28.8 Å². The van der Waals surface area contributed by atoms with Crippen LogP contribution in [0.15, 0.2) is 84.6 Å². The number of ether oxygens (including phenoxy) is 1. The van der Waals surface area contributed by atoms with Crippen molar-refractivity contribution in [2.24, 2.45) is 0 Å². The lowest BCUT2D eigenvalue weighted by Crippen LogP contribution is -2.35. The molecule has 0 atom stereocenters. The predicted octanol–water partition coefficient (Wildman–Crippen LogP) is 4.65. The third-order valence-electron chi connectivity index (χ3n) is 5.18. The molecule has 156 valence electrons. The van der Waals surface area contributed by atoms with Crippen molar-refractivity contribution in [2.45, 2.75) is 6.92 Å². The summed E-state index contributed by atoms with van der Waals surface area (Å²) in [6.07, 6.45) is 0. The van der Waals surface area contributed by atoms with Crippen molar-refractivity contribution in [3.8, 4) is 5.75 Å². The first kappa shape index (κ1) is 20.3. The SMILES string of the molecule is CCN(C1=C(c2ccc(OC)cc2)C(=O)N(c2ccc(F)cc2)C1=O)c1ccccc1. The number of hydrogen-bond donors (Lipinski definition) is 0. The van der Waals surface area contributed by atoms with Gasteiger partial charge in [0.25, 0.3) is 11.8 Å². The molecule has 0 aromatic heterocycles. The Bertz CT molecular complexity index is 1140. The molecular weight excluding hydrogens is 395 g/mol. The van der Waals surface area contributed by atoms with Gasteiger partial charge < -0.3 is 9.64 Å². The number of hydrogen-bond acceptors (Lipinski definition) is 4. The van der Waals surface area contributed by atoms with E-state index in [2.05, 4.69) is 0 Å². The van der Waals surface area contributed by atoms with Gasteiger partial charge in [0.1, 0.15) is 17.3 Å². The number of nitrogens with zero attached hydrogens (tertiary/aromatic N) is 2. The normalized spacial score (nSPS) is 13.7. The largest absolute Gasteiger partial charge is 0.497 e. The van der Waals surface area contributed by atoms with Crippen molar-refractivity contribution in [1.82, 2.24) is 0 Å². The smallest absolute Gasteiger partial charge is 0.282 e. The highest BCUT2D eigenvalue weighted by Crippen LogP contribution is 2.37. The average molecular weight is 416 g/mol. The minimum absolute atomic E-state index is 0.285. The number of likely N-dealkylation sites (N-methyl/N-ethyl adjacent to an activating group) is 1. The zero-order valence-corrected chi connectivity index (χ0v) is 17.2. The number of imide groups is 1. The summed E-state index contributed by atoms with van der Waals surface area (Å²) in [5, 5.41) is 0. The molecule has 4 rings (SSSR count). The molecular formula is C25H21FN2O3. The zero-order chi connectivity index (χ0) is 22.0. The summed E-state index contributed by atoms with van der Waals surface area (Å²) in [7, 11) is 1.56. The molecule has 31 heavy (non-hydrogen) atoms. The highest BCUT2D eigenvalue weighted by atomic mass is 19.1. The Morgan fingerprint density at radius 2 is 1.52 bits per heavy atom. The lowest BCUT2D eigenvalue weighted by Gasteiger charge is -2.25. The second-order valence-corrected chi connectivity index (χ2v) is 6.95. The van der Waals surface area contributed by atoms with Crippen LogP contribution >= 0.6 is 0 Å². The quantitative estimate of drug-likeness (QED) is 0.549. The Labute approximate surface area is 180 Å². The van der Waals surface area contributed by atoms with E-state index in [0.717, 1.165) is 10.6 Å². The second-order valence-electron chi connectivity index (χ2n) is 6.95. The second kappa shape index (κ2) is 8.44. The first-order valence-corrected chi connectivity index (χ1v) is 9.90. The van der Waals surface area contributed by atoms with Crippen LogP contribution in [0, 0.1) is 5.82 Å². The van der Waals surface area contributed by atoms with E-state index in [9.17, 15) is 14.0 Å². The van der Waals surface area contributed by atoms with Crippen LogP contribution < -0.4 is 14.5 Å². The summed E-state index contributed by atoms with van der Waals surface area (Å²) >= 11 is 0. The van der Waals surface area contributed by atoms with Crippen molar-refractivity contribution in [2.75, 3.05) is 23.5 Å². The van der Waals surface area contributed by atoms with E-state index in [-0.39, 0.29) is 5.70 Å². The summed E-state index contributed by atoms with van der Waals surface area (Å²) < 4.78 is 18.7. The molecule has 0 unspecified atom stereocenters. The first-order valence-electron chi connectivity index (χ1n) is 9.90. The number of anilines is 2. The Hall–Kier alpha value is -3.93. The molecule has 0 spiro atoms. The van der Waals surface area contributed by atoms with Crippen LogP contribution in [-0.2, 0) is 9.59 Å². The molecule has 0 bridgehead atoms. The Kier molecular flexibility index (Phi) is 5.54. The highest BCUT2D eigenvalue weighted by molar-refractivity contribution is 6.46. The number of carbonyl (C=O) groups is 2. The molecule has 2 amide bonds. The summed E-state index contributed by atoms with van der Waals surface area (Å²) in [5.41, 5.74) is 2.30. The van der Waals surface area contributed by atoms with Gasteiger partial charge in [-0.2, -0.15) is 0 Å². The van der Waals surface area contributed by atoms with E-state index in [1.807, 2.05) is 42.2 Å². The molecule has 6 heteroatoms. The summed E-state index contributed by atoms with van der Waals surface area (Å²) in [6.45, 7) is 2.40. The fraction of sp³-hybridized carbons (Fsp3) is 0.120. The predicted molar refractivity (Wildman–Crippen MR) is 118 cm³/mol. The maximum absolute atomic E-state index is 13.6. The van der Waals surface area contributed by atoms with E-state index < -0.39 is 17.6 Å². The first-order chi connectivity index (χ1) is 15.0. The zero-order valence-electron chi connectivity index (χ0n) is 17.2. The minimum atomic E-state index is -0.453. The van der Waals surface area contributed by atoms with Gasteiger partial charge in [0.2, 0.25) is 0 Å². The van der Waals surface area contributed by atoms with E-state index in [0.29, 0.717) is 29.1 Å². The lowest BCUT2D eigenvalue weighted by molar-refractivity contribution is -0.120. The molecule has 1 aliphatic rings. The maximum Gasteiger partial charge on any atom is 0.282 e. The third-order valence-corrected chi connectivity index (χ3v) is 5.18. The molecule has 0 saturated carbocycles. The van der Waals surface area contributed by atoms with Crippen molar-refractivity contribution in [1.29, 1.82) is 0 Å². The topological polar surface area (TPSA) is 49.9 Å². The van der Waals surface area contributed by atoms with E-state index >= 15 is 0 Å².